The third-order valence-corrected chi connectivity index (χ3v) is 7.82. The van der Waals surface area contributed by atoms with Gasteiger partial charge >= 0.3 is 12.0 Å². The lowest BCUT2D eigenvalue weighted by Crippen LogP contribution is -2.51. The topological polar surface area (TPSA) is 117 Å². The van der Waals surface area contributed by atoms with Gasteiger partial charge in [-0.3, -0.25) is 9.59 Å². The van der Waals surface area contributed by atoms with Gasteiger partial charge in [0.15, 0.2) is 11.5 Å². The second-order valence-corrected chi connectivity index (χ2v) is 11.0. The Bertz CT molecular complexity index is 1180. The Morgan fingerprint density at radius 3 is 2.29 bits per heavy atom. The van der Waals surface area contributed by atoms with Crippen molar-refractivity contribution in [2.75, 3.05) is 6.79 Å². The van der Waals surface area contributed by atoms with Gasteiger partial charge in [-0.25, -0.2) is 4.79 Å². The lowest BCUT2D eigenvalue weighted by Gasteiger charge is -2.27. The van der Waals surface area contributed by atoms with Gasteiger partial charge in [0.1, 0.15) is 6.04 Å². The monoisotopic (exact) mass is 557 g/mol. The van der Waals surface area contributed by atoms with Crippen molar-refractivity contribution < 1.29 is 29.0 Å². The number of rotatable bonds is 13. The van der Waals surface area contributed by atoms with Gasteiger partial charge in [-0.2, -0.15) is 0 Å². The quantitative estimate of drug-likeness (QED) is 0.268. The Morgan fingerprint density at radius 2 is 1.68 bits per heavy atom. The molecule has 1 aliphatic heterocycles. The van der Waals surface area contributed by atoms with E-state index in [-0.39, 0.29) is 19.2 Å². The summed E-state index contributed by atoms with van der Waals surface area (Å²) in [6, 6.07) is 11.0. The van der Waals surface area contributed by atoms with E-state index < -0.39 is 24.0 Å². The molecule has 2 atom stereocenters. The molecule has 11 heteroatoms. The van der Waals surface area contributed by atoms with Gasteiger partial charge in [-0.15, -0.1) is 22.7 Å². The second kappa shape index (κ2) is 13.3. The summed E-state index contributed by atoms with van der Waals surface area (Å²) in [5.74, 6) is -0.414. The van der Waals surface area contributed by atoms with Crippen molar-refractivity contribution in [1.82, 2.24) is 15.5 Å². The highest BCUT2D eigenvalue weighted by molar-refractivity contribution is 7.10. The highest BCUT2D eigenvalue weighted by atomic mass is 32.1. The summed E-state index contributed by atoms with van der Waals surface area (Å²) in [6.45, 7) is 2.94. The number of carbonyl (C=O) groups is 3. The van der Waals surface area contributed by atoms with E-state index in [1.807, 2.05) is 41.9 Å². The van der Waals surface area contributed by atoms with Crippen LogP contribution in [0.5, 0.6) is 11.5 Å². The number of hydrogen-bond acceptors (Lipinski definition) is 7. The Morgan fingerprint density at radius 1 is 1.00 bits per heavy atom. The van der Waals surface area contributed by atoms with E-state index in [1.54, 1.807) is 45.8 Å². The summed E-state index contributed by atoms with van der Waals surface area (Å²) in [7, 11) is 0. The van der Waals surface area contributed by atoms with Gasteiger partial charge in [-0.05, 0) is 47.0 Å². The molecule has 0 bridgehead atoms. The maximum Gasteiger partial charge on any atom is 0.318 e. The predicted octanol–water partition coefficient (Wildman–Crippen LogP) is 5.14. The molecule has 1 aromatic carbocycles. The molecule has 202 valence electrons. The van der Waals surface area contributed by atoms with E-state index in [4.69, 9.17) is 9.47 Å². The number of aliphatic carboxylic acids is 1. The zero-order chi connectivity index (χ0) is 26.9. The van der Waals surface area contributed by atoms with Gasteiger partial charge in [-0.1, -0.05) is 38.0 Å². The molecule has 0 spiro atoms. The van der Waals surface area contributed by atoms with Crippen LogP contribution in [0.25, 0.3) is 0 Å². The molecule has 4 rings (SSSR count). The third kappa shape index (κ3) is 7.48. The summed E-state index contributed by atoms with van der Waals surface area (Å²) >= 11 is 3.14. The first kappa shape index (κ1) is 27.5. The van der Waals surface area contributed by atoms with Crippen LogP contribution in [0.15, 0.2) is 53.2 Å². The fourth-order valence-electron chi connectivity index (χ4n) is 4.13. The van der Waals surface area contributed by atoms with E-state index in [0.717, 1.165) is 22.6 Å². The van der Waals surface area contributed by atoms with Crippen molar-refractivity contribution in [2.45, 2.75) is 57.8 Å². The van der Waals surface area contributed by atoms with Gasteiger partial charge in [0.2, 0.25) is 12.7 Å². The zero-order valence-corrected chi connectivity index (χ0v) is 22.7. The first-order valence-electron chi connectivity index (χ1n) is 12.4. The molecular formula is C27H31N3O6S2. The number of carbonyl (C=O) groups excluding carboxylic acids is 2. The first-order valence-corrected chi connectivity index (χ1v) is 14.2. The number of unbranched alkanes of at least 4 members (excludes halogenated alkanes) is 1. The van der Waals surface area contributed by atoms with Crippen LogP contribution in [-0.2, 0) is 22.7 Å². The van der Waals surface area contributed by atoms with E-state index in [0.29, 0.717) is 36.6 Å². The molecule has 3 amide bonds. The van der Waals surface area contributed by atoms with Crippen LogP contribution >= 0.6 is 22.7 Å². The molecular weight excluding hydrogens is 526 g/mol. The SMILES string of the molecule is CCCC[C@@H](NC(=O)N(Cc1cccs1)Cc1cccs1)C(=O)N[C@@H](CC(=O)O)c1ccc2c(c1)OCO2. The lowest BCUT2D eigenvalue weighted by atomic mass is 10.0. The van der Waals surface area contributed by atoms with Crippen LogP contribution in [-0.4, -0.2) is 40.7 Å². The molecule has 2 aromatic heterocycles. The van der Waals surface area contributed by atoms with Gasteiger partial charge in [0.05, 0.1) is 25.6 Å². The van der Waals surface area contributed by atoms with E-state index in [1.165, 1.54) is 0 Å². The first-order chi connectivity index (χ1) is 18.4. The molecule has 0 fully saturated rings. The van der Waals surface area contributed by atoms with Crippen LogP contribution in [0.3, 0.4) is 0 Å². The molecule has 0 radical (unpaired) electrons. The molecule has 38 heavy (non-hydrogen) atoms. The Hall–Kier alpha value is -3.57. The Balaban J connectivity index is 1.49. The maximum absolute atomic E-state index is 13.5. The third-order valence-electron chi connectivity index (χ3n) is 6.10. The van der Waals surface area contributed by atoms with Crippen molar-refractivity contribution in [3.05, 3.63) is 68.5 Å². The number of benzene rings is 1. The molecule has 3 heterocycles. The zero-order valence-electron chi connectivity index (χ0n) is 21.1. The number of urea groups is 1. The summed E-state index contributed by atoms with van der Waals surface area (Å²) < 4.78 is 10.8. The van der Waals surface area contributed by atoms with Crippen LogP contribution in [0.1, 0.15) is 54.0 Å². The minimum atomic E-state index is -1.06. The van der Waals surface area contributed by atoms with E-state index in [9.17, 15) is 19.5 Å². The minimum absolute atomic E-state index is 0.0906. The lowest BCUT2D eigenvalue weighted by molar-refractivity contribution is -0.137. The summed E-state index contributed by atoms with van der Waals surface area (Å²) in [6.07, 6.45) is 1.68. The minimum Gasteiger partial charge on any atom is -0.481 e. The second-order valence-electron chi connectivity index (χ2n) is 8.93. The van der Waals surface area contributed by atoms with E-state index >= 15 is 0 Å². The predicted molar refractivity (Wildman–Crippen MR) is 145 cm³/mol. The van der Waals surface area contributed by atoms with Crippen LogP contribution in [0.4, 0.5) is 4.79 Å². The van der Waals surface area contributed by atoms with Crippen LogP contribution in [0.2, 0.25) is 0 Å². The molecule has 0 unspecified atom stereocenters. The number of thiophene rings is 2. The molecule has 0 aliphatic carbocycles. The van der Waals surface area contributed by atoms with Gasteiger partial charge in [0.25, 0.3) is 0 Å². The van der Waals surface area contributed by atoms with Crippen LogP contribution < -0.4 is 20.1 Å². The molecule has 9 nitrogen and oxygen atoms in total. The largest absolute Gasteiger partial charge is 0.481 e. The highest BCUT2D eigenvalue weighted by Crippen LogP contribution is 2.35. The summed E-state index contributed by atoms with van der Waals surface area (Å²) in [4.78, 5) is 42.3. The molecule has 0 saturated carbocycles. The fourth-order valence-corrected chi connectivity index (χ4v) is 5.57. The number of nitrogens with zero attached hydrogens (tertiary/aromatic N) is 1. The average molecular weight is 558 g/mol. The van der Waals surface area contributed by atoms with Crippen molar-refractivity contribution in [3.8, 4) is 11.5 Å². The fraction of sp³-hybridized carbons (Fsp3) is 0.370. The Kier molecular flexibility index (Phi) is 9.61. The smallest absolute Gasteiger partial charge is 0.318 e. The van der Waals surface area contributed by atoms with Gasteiger partial charge in [0, 0.05) is 9.75 Å². The molecule has 1 aliphatic rings. The number of amides is 3. The summed E-state index contributed by atoms with van der Waals surface area (Å²) in [5.41, 5.74) is 0.586. The number of carboxylic acid groups (broad SMARTS) is 1. The van der Waals surface area contributed by atoms with Crippen molar-refractivity contribution in [2.24, 2.45) is 0 Å². The number of ether oxygens (including phenoxy) is 2. The Labute approximate surface area is 229 Å². The van der Waals surface area contributed by atoms with E-state index in [2.05, 4.69) is 10.6 Å². The number of carboxylic acids is 1. The van der Waals surface area contributed by atoms with Crippen molar-refractivity contribution in [3.63, 3.8) is 0 Å². The van der Waals surface area contributed by atoms with Gasteiger partial charge < -0.3 is 30.1 Å². The standard InChI is InChI=1S/C27H31N3O6S2/c1-2-3-8-21(29-27(34)30(15-19-6-4-11-37-19)16-20-7-5-12-38-20)26(33)28-22(14-25(31)32)18-9-10-23-24(13-18)36-17-35-23/h4-7,9-13,21-22H,2-3,8,14-17H2,1H3,(H,28,33)(H,29,34)(H,31,32)/t21-,22+/m1/s1. The van der Waals surface area contributed by atoms with Crippen molar-refractivity contribution in [1.29, 1.82) is 0 Å². The number of fused-ring (bicyclic) bond motifs is 1. The van der Waals surface area contributed by atoms with Crippen LogP contribution in [0, 0.1) is 0 Å². The normalized spacial score (nSPS) is 13.5. The average Bonchev–Trinajstić information content (AvgIpc) is 3.68. The molecule has 3 aromatic rings. The highest BCUT2D eigenvalue weighted by Gasteiger charge is 2.28. The molecule has 0 saturated heterocycles. The van der Waals surface area contributed by atoms with Crippen molar-refractivity contribution >= 4 is 40.6 Å². The number of hydrogen-bond donors (Lipinski definition) is 3. The maximum atomic E-state index is 13.5. The molecule has 3 N–H and O–H groups in total. The summed E-state index contributed by atoms with van der Waals surface area (Å²) in [5, 5.41) is 19.2. The number of nitrogens with one attached hydrogen (secondary N) is 2.